The number of aryl methyl sites for hydroxylation is 1. The molecule has 27 heavy (non-hydrogen) atoms. The Morgan fingerprint density at radius 1 is 1.07 bits per heavy atom. The molecule has 1 heterocycles. The van der Waals surface area contributed by atoms with Gasteiger partial charge in [-0.3, -0.25) is 9.59 Å². The van der Waals surface area contributed by atoms with Crippen LogP contribution in [-0.4, -0.2) is 48.4 Å². The van der Waals surface area contributed by atoms with Gasteiger partial charge in [0.2, 0.25) is 11.7 Å². The average Bonchev–Trinajstić information content (AvgIpc) is 2.66. The number of carbonyl (C=O) groups excluding carboxylic acids is 2. The van der Waals surface area contributed by atoms with Crippen molar-refractivity contribution in [1.29, 1.82) is 0 Å². The first-order valence-electron chi connectivity index (χ1n) is 8.55. The third kappa shape index (κ3) is 3.92. The van der Waals surface area contributed by atoms with E-state index in [1.807, 2.05) is 31.2 Å². The number of hydrogen-bond donors (Lipinski definition) is 0. The van der Waals surface area contributed by atoms with E-state index in [0.717, 1.165) is 11.1 Å². The maximum atomic E-state index is 14.2. The molecule has 5 nitrogen and oxygen atoms in total. The summed E-state index contributed by atoms with van der Waals surface area (Å²) in [5.41, 5.74) is 1.72. The van der Waals surface area contributed by atoms with E-state index in [9.17, 15) is 18.4 Å². The van der Waals surface area contributed by atoms with E-state index in [-0.39, 0.29) is 24.7 Å². The predicted octanol–water partition coefficient (Wildman–Crippen LogP) is 2.77. The van der Waals surface area contributed by atoms with Crippen molar-refractivity contribution >= 4 is 11.8 Å². The SMILES string of the molecule is COc1ccc(C(=O)N2CCN(Cc3ccc(C)cc3)C(=O)C2)c(F)c1F. The largest absolute Gasteiger partial charge is 0.494 e. The van der Waals surface area contributed by atoms with Gasteiger partial charge in [-0.15, -0.1) is 0 Å². The Labute approximate surface area is 156 Å². The first-order chi connectivity index (χ1) is 12.9. The van der Waals surface area contributed by atoms with Crippen LogP contribution in [0.25, 0.3) is 0 Å². The topological polar surface area (TPSA) is 49.9 Å². The Morgan fingerprint density at radius 3 is 2.41 bits per heavy atom. The molecule has 2 aromatic rings. The lowest BCUT2D eigenvalue weighted by molar-refractivity contribution is -0.135. The van der Waals surface area contributed by atoms with Crippen molar-refractivity contribution < 1.29 is 23.1 Å². The van der Waals surface area contributed by atoms with Gasteiger partial charge in [-0.05, 0) is 24.6 Å². The van der Waals surface area contributed by atoms with Crippen molar-refractivity contribution in [1.82, 2.24) is 9.80 Å². The molecule has 0 aliphatic carbocycles. The minimum absolute atomic E-state index is 0.169. The van der Waals surface area contributed by atoms with E-state index in [1.54, 1.807) is 4.90 Å². The van der Waals surface area contributed by atoms with Crippen LogP contribution in [-0.2, 0) is 11.3 Å². The molecule has 0 saturated carbocycles. The van der Waals surface area contributed by atoms with Gasteiger partial charge in [-0.25, -0.2) is 4.39 Å². The summed E-state index contributed by atoms with van der Waals surface area (Å²) < 4.78 is 32.7. The van der Waals surface area contributed by atoms with E-state index in [2.05, 4.69) is 0 Å². The van der Waals surface area contributed by atoms with Gasteiger partial charge in [-0.1, -0.05) is 29.8 Å². The van der Waals surface area contributed by atoms with Gasteiger partial charge in [-0.2, -0.15) is 4.39 Å². The van der Waals surface area contributed by atoms with Crippen molar-refractivity contribution in [3.8, 4) is 5.75 Å². The summed E-state index contributed by atoms with van der Waals surface area (Å²) >= 11 is 0. The van der Waals surface area contributed by atoms with Crippen LogP contribution in [0.1, 0.15) is 21.5 Å². The number of carbonyl (C=O) groups is 2. The lowest BCUT2D eigenvalue weighted by atomic mass is 10.1. The number of nitrogens with zero attached hydrogens (tertiary/aromatic N) is 2. The highest BCUT2D eigenvalue weighted by Gasteiger charge is 2.30. The molecule has 0 N–H and O–H groups in total. The summed E-state index contributed by atoms with van der Waals surface area (Å²) in [5.74, 6) is -3.70. The van der Waals surface area contributed by atoms with Crippen LogP contribution in [0, 0.1) is 18.6 Å². The molecule has 142 valence electrons. The molecule has 1 fully saturated rings. The van der Waals surface area contributed by atoms with E-state index < -0.39 is 23.1 Å². The van der Waals surface area contributed by atoms with Crippen LogP contribution in [0.3, 0.4) is 0 Å². The number of halogens is 2. The smallest absolute Gasteiger partial charge is 0.257 e. The van der Waals surface area contributed by atoms with Gasteiger partial charge in [0, 0.05) is 19.6 Å². The molecule has 0 atom stereocenters. The number of amides is 2. The van der Waals surface area contributed by atoms with Crippen LogP contribution in [0.2, 0.25) is 0 Å². The Balaban J connectivity index is 1.69. The molecular formula is C20H20F2N2O3. The first kappa shape index (κ1) is 18.8. The summed E-state index contributed by atoms with van der Waals surface area (Å²) in [4.78, 5) is 27.8. The minimum Gasteiger partial charge on any atom is -0.494 e. The third-order valence-electron chi connectivity index (χ3n) is 4.60. The number of rotatable bonds is 4. The number of hydrogen-bond acceptors (Lipinski definition) is 3. The molecule has 0 bridgehead atoms. The second-order valence-corrected chi connectivity index (χ2v) is 6.47. The van der Waals surface area contributed by atoms with E-state index in [4.69, 9.17) is 4.74 Å². The molecule has 3 rings (SSSR count). The van der Waals surface area contributed by atoms with Crippen molar-refractivity contribution in [2.75, 3.05) is 26.7 Å². The molecule has 0 radical (unpaired) electrons. The van der Waals surface area contributed by atoms with Crippen LogP contribution in [0.15, 0.2) is 36.4 Å². The second-order valence-electron chi connectivity index (χ2n) is 6.47. The Bertz CT molecular complexity index is 868. The minimum atomic E-state index is -1.27. The maximum Gasteiger partial charge on any atom is 0.257 e. The lowest BCUT2D eigenvalue weighted by Crippen LogP contribution is -2.51. The molecule has 0 aromatic heterocycles. The standard InChI is InChI=1S/C20H20F2N2O3/c1-13-3-5-14(6-4-13)11-23-9-10-24(12-17(23)25)20(26)15-7-8-16(27-2)19(22)18(15)21/h3-8H,9-12H2,1-2H3. The highest BCUT2D eigenvalue weighted by molar-refractivity contribution is 5.97. The molecular weight excluding hydrogens is 354 g/mol. The van der Waals surface area contributed by atoms with Crippen LogP contribution in [0.5, 0.6) is 5.75 Å². The average molecular weight is 374 g/mol. The molecule has 0 unspecified atom stereocenters. The molecule has 7 heteroatoms. The summed E-state index contributed by atoms with van der Waals surface area (Å²) in [7, 11) is 1.21. The number of piperazine rings is 1. The highest BCUT2D eigenvalue weighted by Crippen LogP contribution is 2.24. The zero-order valence-corrected chi connectivity index (χ0v) is 15.2. The van der Waals surface area contributed by atoms with Crippen molar-refractivity contribution in [3.05, 3.63) is 64.7 Å². The summed E-state index contributed by atoms with van der Waals surface area (Å²) in [6.45, 7) is 2.85. The van der Waals surface area contributed by atoms with Crippen molar-refractivity contribution in [2.24, 2.45) is 0 Å². The van der Waals surface area contributed by atoms with Gasteiger partial charge in [0.15, 0.2) is 11.6 Å². The van der Waals surface area contributed by atoms with E-state index >= 15 is 0 Å². The van der Waals surface area contributed by atoms with Gasteiger partial charge >= 0.3 is 0 Å². The summed E-state index contributed by atoms with van der Waals surface area (Å²) in [5, 5.41) is 0. The second kappa shape index (κ2) is 7.73. The van der Waals surface area contributed by atoms with E-state index in [1.165, 1.54) is 24.1 Å². The molecule has 1 aliphatic rings. The Kier molecular flexibility index (Phi) is 5.39. The molecule has 0 spiro atoms. The Hall–Kier alpha value is -2.96. The molecule has 1 saturated heterocycles. The number of benzene rings is 2. The fourth-order valence-electron chi connectivity index (χ4n) is 2.99. The number of ether oxygens (including phenoxy) is 1. The lowest BCUT2D eigenvalue weighted by Gasteiger charge is -2.34. The normalized spacial score (nSPS) is 14.4. The van der Waals surface area contributed by atoms with E-state index in [0.29, 0.717) is 13.1 Å². The third-order valence-corrected chi connectivity index (χ3v) is 4.60. The van der Waals surface area contributed by atoms with Gasteiger partial charge in [0.1, 0.15) is 6.54 Å². The zero-order valence-electron chi connectivity index (χ0n) is 15.2. The zero-order chi connectivity index (χ0) is 19.6. The first-order valence-corrected chi connectivity index (χ1v) is 8.55. The summed E-state index contributed by atoms with van der Waals surface area (Å²) in [6, 6.07) is 10.2. The van der Waals surface area contributed by atoms with Gasteiger partial charge < -0.3 is 14.5 Å². The number of methoxy groups -OCH3 is 1. The van der Waals surface area contributed by atoms with Crippen LogP contribution in [0.4, 0.5) is 8.78 Å². The molecule has 2 aromatic carbocycles. The van der Waals surface area contributed by atoms with Crippen molar-refractivity contribution in [2.45, 2.75) is 13.5 Å². The fourth-order valence-corrected chi connectivity index (χ4v) is 2.99. The van der Waals surface area contributed by atoms with Gasteiger partial charge in [0.05, 0.1) is 12.7 Å². The quantitative estimate of drug-likeness (QED) is 0.827. The van der Waals surface area contributed by atoms with Crippen LogP contribution >= 0.6 is 0 Å². The fraction of sp³-hybridized carbons (Fsp3) is 0.300. The predicted molar refractivity (Wildman–Crippen MR) is 95.4 cm³/mol. The molecule has 1 aliphatic heterocycles. The monoisotopic (exact) mass is 374 g/mol. The maximum absolute atomic E-state index is 14.2. The summed E-state index contributed by atoms with van der Waals surface area (Å²) in [6.07, 6.45) is 0. The van der Waals surface area contributed by atoms with Crippen molar-refractivity contribution in [3.63, 3.8) is 0 Å². The highest BCUT2D eigenvalue weighted by atomic mass is 19.2. The molecule has 2 amide bonds. The van der Waals surface area contributed by atoms with Crippen LogP contribution < -0.4 is 4.74 Å². The van der Waals surface area contributed by atoms with Gasteiger partial charge in [0.25, 0.3) is 5.91 Å². The Morgan fingerprint density at radius 2 is 1.78 bits per heavy atom.